The highest BCUT2D eigenvalue weighted by Gasteiger charge is 2.64. The normalized spacial score (nSPS) is 49.9. The standard InChI is InChI=1S/C23H31NO3/c1-14-12-19-17(16-5-4-15(24-25)13-18(14)16)6-9-22(2)20(19)7-10-23(22)11-8-21(26-3)27-23/h8,11,13,16-17,19-21,25H,1,4-7,9-10,12H2,2-3H3/b24-15+/t16-,17?,19?,20?,21?,22+,23-/m1/s1. The van der Waals surface area contributed by atoms with Gasteiger partial charge in [0.15, 0.2) is 6.29 Å². The molecule has 4 unspecified atom stereocenters. The van der Waals surface area contributed by atoms with E-state index in [1.54, 1.807) is 7.11 Å². The van der Waals surface area contributed by atoms with Crippen LogP contribution in [0.5, 0.6) is 0 Å². The van der Waals surface area contributed by atoms with Crippen molar-refractivity contribution in [2.45, 2.75) is 63.8 Å². The maximum atomic E-state index is 9.20. The lowest BCUT2D eigenvalue weighted by Gasteiger charge is -2.56. The molecule has 4 nitrogen and oxygen atoms in total. The summed E-state index contributed by atoms with van der Waals surface area (Å²) in [5, 5.41) is 12.7. The second kappa shape index (κ2) is 6.05. The number of hydrogen-bond donors (Lipinski definition) is 1. The first-order chi connectivity index (χ1) is 13.0. The van der Waals surface area contributed by atoms with Crippen molar-refractivity contribution in [1.82, 2.24) is 0 Å². The molecule has 1 spiro atoms. The predicted molar refractivity (Wildman–Crippen MR) is 105 cm³/mol. The van der Waals surface area contributed by atoms with Crippen LogP contribution in [-0.2, 0) is 9.47 Å². The Labute approximate surface area is 162 Å². The molecule has 1 heterocycles. The van der Waals surface area contributed by atoms with Gasteiger partial charge in [0.1, 0.15) is 0 Å². The van der Waals surface area contributed by atoms with E-state index in [2.05, 4.69) is 36.9 Å². The van der Waals surface area contributed by atoms with Crippen molar-refractivity contribution in [2.75, 3.05) is 7.11 Å². The highest BCUT2D eigenvalue weighted by molar-refractivity contribution is 5.96. The monoisotopic (exact) mass is 369 g/mol. The van der Waals surface area contributed by atoms with Crippen LogP contribution in [0.25, 0.3) is 0 Å². The van der Waals surface area contributed by atoms with Gasteiger partial charge in [0, 0.05) is 12.5 Å². The molecule has 4 heteroatoms. The van der Waals surface area contributed by atoms with E-state index in [0.717, 1.165) is 37.3 Å². The van der Waals surface area contributed by atoms with Gasteiger partial charge < -0.3 is 14.7 Å². The van der Waals surface area contributed by atoms with E-state index in [1.165, 1.54) is 30.4 Å². The largest absolute Gasteiger partial charge is 0.411 e. The Morgan fingerprint density at radius 1 is 1.26 bits per heavy atom. The Morgan fingerprint density at radius 3 is 2.85 bits per heavy atom. The quantitative estimate of drug-likeness (QED) is 0.408. The van der Waals surface area contributed by atoms with Crippen molar-refractivity contribution in [3.05, 3.63) is 36.0 Å². The summed E-state index contributed by atoms with van der Waals surface area (Å²) in [6, 6.07) is 0. The van der Waals surface area contributed by atoms with Crippen molar-refractivity contribution >= 4 is 5.71 Å². The number of nitrogens with zero attached hydrogens (tertiary/aromatic N) is 1. The molecule has 5 rings (SSSR count). The van der Waals surface area contributed by atoms with E-state index in [1.807, 2.05) is 0 Å². The molecule has 3 fully saturated rings. The highest BCUT2D eigenvalue weighted by Crippen LogP contribution is 2.67. The average Bonchev–Trinajstić information content (AvgIpc) is 3.24. The molecule has 5 aliphatic rings. The van der Waals surface area contributed by atoms with Crippen molar-refractivity contribution in [3.63, 3.8) is 0 Å². The minimum absolute atomic E-state index is 0.149. The smallest absolute Gasteiger partial charge is 0.177 e. The molecule has 0 saturated heterocycles. The zero-order valence-corrected chi connectivity index (χ0v) is 16.5. The first-order valence-electron chi connectivity index (χ1n) is 10.5. The molecule has 7 atom stereocenters. The minimum atomic E-state index is -0.191. The molecule has 4 aliphatic carbocycles. The fourth-order valence-electron chi connectivity index (χ4n) is 7.37. The summed E-state index contributed by atoms with van der Waals surface area (Å²) in [5.41, 5.74) is 3.49. The molecule has 0 aromatic heterocycles. The Bertz CT molecular complexity index is 753. The minimum Gasteiger partial charge on any atom is -0.411 e. The molecule has 3 saturated carbocycles. The second-order valence-electron chi connectivity index (χ2n) is 9.54. The van der Waals surface area contributed by atoms with Gasteiger partial charge in [-0.1, -0.05) is 30.3 Å². The maximum absolute atomic E-state index is 9.20. The molecule has 27 heavy (non-hydrogen) atoms. The van der Waals surface area contributed by atoms with E-state index in [-0.39, 0.29) is 17.3 Å². The highest BCUT2D eigenvalue weighted by atomic mass is 16.7. The van der Waals surface area contributed by atoms with Crippen molar-refractivity contribution < 1.29 is 14.7 Å². The van der Waals surface area contributed by atoms with Gasteiger partial charge >= 0.3 is 0 Å². The van der Waals surface area contributed by atoms with Crippen LogP contribution in [0.4, 0.5) is 0 Å². The summed E-state index contributed by atoms with van der Waals surface area (Å²) < 4.78 is 11.9. The first kappa shape index (κ1) is 17.7. The van der Waals surface area contributed by atoms with E-state index in [4.69, 9.17) is 9.47 Å². The fraction of sp³-hybridized carbons (Fsp3) is 0.696. The number of rotatable bonds is 1. The molecule has 1 aliphatic heterocycles. The van der Waals surface area contributed by atoms with E-state index in [9.17, 15) is 5.21 Å². The lowest BCUT2D eigenvalue weighted by atomic mass is 9.50. The van der Waals surface area contributed by atoms with Crippen molar-refractivity contribution in [1.29, 1.82) is 0 Å². The summed E-state index contributed by atoms with van der Waals surface area (Å²) in [6.07, 6.45) is 14.2. The summed E-state index contributed by atoms with van der Waals surface area (Å²) >= 11 is 0. The summed E-state index contributed by atoms with van der Waals surface area (Å²) in [6.45, 7) is 6.91. The SMILES string of the molecule is C=C1CC2C(CC[C@@]3(C)C2CC[C@@]32C=CC(OC)O2)[C@H]2CC/C(=N\O)C=C12. The van der Waals surface area contributed by atoms with Gasteiger partial charge in [0.2, 0.25) is 0 Å². The lowest BCUT2D eigenvalue weighted by molar-refractivity contribution is -0.190. The van der Waals surface area contributed by atoms with Gasteiger partial charge in [-0.05, 0) is 86.3 Å². The zero-order valence-electron chi connectivity index (χ0n) is 16.5. The third-order valence-corrected chi connectivity index (χ3v) is 8.73. The second-order valence-corrected chi connectivity index (χ2v) is 9.54. The van der Waals surface area contributed by atoms with Crippen LogP contribution >= 0.6 is 0 Å². The number of oxime groups is 1. The Morgan fingerprint density at radius 2 is 2.11 bits per heavy atom. The number of fused-ring (bicyclic) bond motifs is 6. The number of allylic oxidation sites excluding steroid dienone is 3. The molecule has 0 bridgehead atoms. The third kappa shape index (κ3) is 2.32. The van der Waals surface area contributed by atoms with Crippen LogP contribution in [0.2, 0.25) is 0 Å². The van der Waals surface area contributed by atoms with Crippen LogP contribution in [0, 0.1) is 29.1 Å². The maximum Gasteiger partial charge on any atom is 0.177 e. The van der Waals surface area contributed by atoms with Gasteiger partial charge in [0.05, 0.1) is 11.3 Å². The summed E-state index contributed by atoms with van der Waals surface area (Å²) in [4.78, 5) is 0. The lowest BCUT2D eigenvalue weighted by Crippen LogP contribution is -2.52. The fourth-order valence-corrected chi connectivity index (χ4v) is 7.37. The Hall–Kier alpha value is -1.39. The van der Waals surface area contributed by atoms with E-state index in [0.29, 0.717) is 17.8 Å². The first-order valence-corrected chi connectivity index (χ1v) is 10.5. The van der Waals surface area contributed by atoms with E-state index < -0.39 is 0 Å². The van der Waals surface area contributed by atoms with Gasteiger partial charge in [-0.3, -0.25) is 0 Å². The van der Waals surface area contributed by atoms with Crippen LogP contribution in [0.3, 0.4) is 0 Å². The van der Waals surface area contributed by atoms with Gasteiger partial charge in [0.25, 0.3) is 0 Å². The predicted octanol–water partition coefficient (Wildman–Crippen LogP) is 4.85. The third-order valence-electron chi connectivity index (χ3n) is 8.73. The molecule has 1 N–H and O–H groups in total. The Balaban J connectivity index is 1.46. The molecule has 0 aromatic rings. The van der Waals surface area contributed by atoms with Crippen molar-refractivity contribution in [3.8, 4) is 0 Å². The average molecular weight is 370 g/mol. The Kier molecular flexibility index (Phi) is 3.97. The number of ether oxygens (including phenoxy) is 2. The van der Waals surface area contributed by atoms with E-state index >= 15 is 0 Å². The molecule has 146 valence electrons. The molecule has 0 aromatic carbocycles. The topological polar surface area (TPSA) is 51.0 Å². The van der Waals surface area contributed by atoms with Crippen LogP contribution in [0.15, 0.2) is 41.1 Å². The van der Waals surface area contributed by atoms with Crippen molar-refractivity contribution in [2.24, 2.45) is 34.2 Å². The summed E-state index contributed by atoms with van der Waals surface area (Å²) in [5.74, 6) is 2.71. The number of hydrogen-bond acceptors (Lipinski definition) is 4. The molecule has 0 amide bonds. The zero-order chi connectivity index (χ0) is 18.8. The number of methoxy groups -OCH3 is 1. The molecule has 0 radical (unpaired) electrons. The molecular weight excluding hydrogens is 338 g/mol. The molecular formula is C23H31NO3. The van der Waals surface area contributed by atoms with Gasteiger partial charge in [-0.25, -0.2) is 0 Å². The van der Waals surface area contributed by atoms with Crippen LogP contribution < -0.4 is 0 Å². The van der Waals surface area contributed by atoms with Crippen LogP contribution in [0.1, 0.15) is 51.9 Å². The van der Waals surface area contributed by atoms with Crippen LogP contribution in [-0.4, -0.2) is 29.9 Å². The van der Waals surface area contributed by atoms with Gasteiger partial charge in [-0.2, -0.15) is 0 Å². The summed E-state index contributed by atoms with van der Waals surface area (Å²) in [7, 11) is 1.73. The van der Waals surface area contributed by atoms with Gasteiger partial charge in [-0.15, -0.1) is 0 Å².